The number of non-ortho nitro benzene ring substituents is 1. The molecule has 0 aliphatic carbocycles. The summed E-state index contributed by atoms with van der Waals surface area (Å²) in [6.07, 6.45) is 0.264. The van der Waals surface area contributed by atoms with Crippen molar-refractivity contribution in [2.24, 2.45) is 0 Å². The van der Waals surface area contributed by atoms with Gasteiger partial charge in [0, 0.05) is 24.1 Å². The maximum atomic E-state index is 11.9. The van der Waals surface area contributed by atoms with Gasteiger partial charge in [-0.3, -0.25) is 14.9 Å². The van der Waals surface area contributed by atoms with Gasteiger partial charge < -0.3 is 4.74 Å². The zero-order valence-corrected chi connectivity index (χ0v) is 11.6. The second kappa shape index (κ2) is 6.65. The predicted molar refractivity (Wildman–Crippen MR) is 78.7 cm³/mol. The van der Waals surface area contributed by atoms with Gasteiger partial charge in [-0.15, -0.1) is 0 Å². The summed E-state index contributed by atoms with van der Waals surface area (Å²) in [7, 11) is 0. The minimum atomic E-state index is -0.449. The van der Waals surface area contributed by atoms with Gasteiger partial charge in [-0.05, 0) is 18.6 Å². The Balaban J connectivity index is 1.92. The van der Waals surface area contributed by atoms with Gasteiger partial charge in [0.2, 0.25) is 0 Å². The number of aryl methyl sites for hydroxylation is 1. The van der Waals surface area contributed by atoms with E-state index in [0.717, 1.165) is 0 Å². The first-order valence-corrected chi connectivity index (χ1v) is 6.54. The van der Waals surface area contributed by atoms with Gasteiger partial charge in [0.25, 0.3) is 5.69 Å². The molecule has 0 atom stereocenters. The molecule has 0 saturated carbocycles. The van der Waals surface area contributed by atoms with Gasteiger partial charge in [-0.2, -0.15) is 0 Å². The molecule has 0 amide bonds. The van der Waals surface area contributed by atoms with Crippen LogP contribution >= 0.6 is 0 Å². The molecule has 0 heterocycles. The van der Waals surface area contributed by atoms with E-state index in [1.165, 1.54) is 12.1 Å². The third-order valence-corrected chi connectivity index (χ3v) is 3.05. The fraction of sp³-hybridized carbons (Fsp3) is 0.188. The number of carbonyl (C=O) groups excluding carboxylic acids is 1. The van der Waals surface area contributed by atoms with E-state index >= 15 is 0 Å². The Kier molecular flexibility index (Phi) is 4.66. The summed E-state index contributed by atoms with van der Waals surface area (Å²) in [6, 6.07) is 13.4. The average Bonchev–Trinajstić information content (AvgIpc) is 2.49. The van der Waals surface area contributed by atoms with Crippen LogP contribution in [0.2, 0.25) is 0 Å². The van der Waals surface area contributed by atoms with Crippen molar-refractivity contribution in [3.8, 4) is 5.75 Å². The summed E-state index contributed by atoms with van der Waals surface area (Å²) in [5.41, 5.74) is 1.36. The zero-order valence-electron chi connectivity index (χ0n) is 11.6. The van der Waals surface area contributed by atoms with E-state index in [2.05, 4.69) is 0 Å². The van der Waals surface area contributed by atoms with Crippen LogP contribution in [-0.4, -0.2) is 17.3 Å². The first-order valence-electron chi connectivity index (χ1n) is 6.54. The molecule has 0 aliphatic heterocycles. The summed E-state index contributed by atoms with van der Waals surface area (Å²) < 4.78 is 5.52. The summed E-state index contributed by atoms with van der Waals surface area (Å²) in [5, 5.41) is 10.6. The van der Waals surface area contributed by atoms with Crippen LogP contribution < -0.4 is 4.74 Å². The number of hydrogen-bond acceptors (Lipinski definition) is 4. The Morgan fingerprint density at radius 2 is 1.90 bits per heavy atom. The maximum Gasteiger partial charge on any atom is 0.269 e. The molecule has 0 saturated heterocycles. The Morgan fingerprint density at radius 3 is 2.52 bits per heavy atom. The number of nitro groups is 1. The monoisotopic (exact) mass is 285 g/mol. The van der Waals surface area contributed by atoms with Crippen LogP contribution in [0.25, 0.3) is 0 Å². The Bertz CT molecular complexity index is 653. The molecule has 5 nitrogen and oxygen atoms in total. The smallest absolute Gasteiger partial charge is 0.269 e. The topological polar surface area (TPSA) is 69.4 Å². The van der Waals surface area contributed by atoms with Crippen LogP contribution in [-0.2, 0) is 0 Å². The number of rotatable bonds is 6. The van der Waals surface area contributed by atoms with Crippen molar-refractivity contribution in [2.75, 3.05) is 6.61 Å². The van der Waals surface area contributed by atoms with Gasteiger partial charge in [0.1, 0.15) is 5.75 Å². The van der Waals surface area contributed by atoms with E-state index in [-0.39, 0.29) is 24.5 Å². The Morgan fingerprint density at radius 1 is 1.19 bits per heavy atom. The second-order valence-electron chi connectivity index (χ2n) is 4.59. The number of ketones is 1. The molecule has 0 aliphatic rings. The van der Waals surface area contributed by atoms with Gasteiger partial charge >= 0.3 is 0 Å². The average molecular weight is 285 g/mol. The van der Waals surface area contributed by atoms with Crippen LogP contribution in [0.15, 0.2) is 48.5 Å². The first-order chi connectivity index (χ1) is 10.1. The van der Waals surface area contributed by atoms with Crippen molar-refractivity contribution in [1.82, 2.24) is 0 Å². The van der Waals surface area contributed by atoms with Gasteiger partial charge in [0.05, 0.1) is 11.5 Å². The lowest BCUT2D eigenvalue weighted by atomic mass is 10.1. The van der Waals surface area contributed by atoms with Crippen molar-refractivity contribution in [2.45, 2.75) is 13.3 Å². The predicted octanol–water partition coefficient (Wildman–Crippen LogP) is 3.56. The normalized spacial score (nSPS) is 10.1. The molecule has 5 heteroatoms. The fourth-order valence-corrected chi connectivity index (χ4v) is 1.93. The molecule has 108 valence electrons. The highest BCUT2D eigenvalue weighted by Gasteiger charge is 2.10. The van der Waals surface area contributed by atoms with Gasteiger partial charge in [0.15, 0.2) is 5.78 Å². The Hall–Kier alpha value is -2.69. The standard InChI is InChI=1S/C16H15NO4/c1-12-11-14(17(19)20)7-8-16(12)21-10-9-15(18)13-5-3-2-4-6-13/h2-8,11H,9-10H2,1H3. The largest absolute Gasteiger partial charge is 0.493 e. The van der Waals surface area contributed by atoms with E-state index in [1.54, 1.807) is 25.1 Å². The molecule has 21 heavy (non-hydrogen) atoms. The fourth-order valence-electron chi connectivity index (χ4n) is 1.93. The van der Waals surface area contributed by atoms with E-state index in [0.29, 0.717) is 16.9 Å². The maximum absolute atomic E-state index is 11.9. The van der Waals surface area contributed by atoms with Crippen molar-refractivity contribution < 1.29 is 14.5 Å². The minimum Gasteiger partial charge on any atom is -0.493 e. The summed E-state index contributed by atoms with van der Waals surface area (Å²) in [5.74, 6) is 0.566. The molecule has 0 unspecified atom stereocenters. The highest BCUT2D eigenvalue weighted by Crippen LogP contribution is 2.23. The lowest BCUT2D eigenvalue weighted by molar-refractivity contribution is -0.384. The molecular weight excluding hydrogens is 270 g/mol. The third kappa shape index (κ3) is 3.89. The van der Waals surface area contributed by atoms with Crippen LogP contribution in [0.1, 0.15) is 22.3 Å². The summed E-state index contributed by atoms with van der Waals surface area (Å²) >= 11 is 0. The van der Waals surface area contributed by atoms with Crippen LogP contribution in [0.5, 0.6) is 5.75 Å². The van der Waals surface area contributed by atoms with Gasteiger partial charge in [-0.25, -0.2) is 0 Å². The number of benzene rings is 2. The summed E-state index contributed by atoms with van der Waals surface area (Å²) in [6.45, 7) is 1.98. The van der Waals surface area contributed by atoms with Crippen LogP contribution in [0.3, 0.4) is 0 Å². The molecule has 2 aromatic carbocycles. The van der Waals surface area contributed by atoms with Crippen molar-refractivity contribution in [3.63, 3.8) is 0 Å². The van der Waals surface area contributed by atoms with E-state index < -0.39 is 4.92 Å². The van der Waals surface area contributed by atoms with E-state index in [4.69, 9.17) is 4.74 Å². The van der Waals surface area contributed by atoms with Crippen molar-refractivity contribution >= 4 is 11.5 Å². The number of nitro benzene ring substituents is 1. The van der Waals surface area contributed by atoms with E-state index in [9.17, 15) is 14.9 Å². The van der Waals surface area contributed by atoms with Crippen LogP contribution in [0, 0.1) is 17.0 Å². The quantitative estimate of drug-likeness (QED) is 0.462. The lowest BCUT2D eigenvalue weighted by Crippen LogP contribution is -2.07. The molecule has 2 rings (SSSR count). The third-order valence-electron chi connectivity index (χ3n) is 3.05. The molecule has 0 spiro atoms. The second-order valence-corrected chi connectivity index (χ2v) is 4.59. The van der Waals surface area contributed by atoms with Crippen LogP contribution in [0.4, 0.5) is 5.69 Å². The SMILES string of the molecule is Cc1cc([N+](=O)[O-])ccc1OCCC(=O)c1ccccc1. The molecule has 2 aromatic rings. The molecular formula is C16H15NO4. The zero-order chi connectivity index (χ0) is 15.2. The van der Waals surface area contributed by atoms with Gasteiger partial charge in [-0.1, -0.05) is 30.3 Å². The number of carbonyl (C=O) groups is 1. The van der Waals surface area contributed by atoms with Crippen molar-refractivity contribution in [3.05, 3.63) is 69.8 Å². The molecule has 0 aromatic heterocycles. The first kappa shape index (κ1) is 14.7. The highest BCUT2D eigenvalue weighted by atomic mass is 16.6. The highest BCUT2D eigenvalue weighted by molar-refractivity contribution is 5.96. The van der Waals surface area contributed by atoms with Crippen molar-refractivity contribution in [1.29, 1.82) is 0 Å². The van der Waals surface area contributed by atoms with E-state index in [1.807, 2.05) is 18.2 Å². The lowest BCUT2D eigenvalue weighted by Gasteiger charge is -2.08. The minimum absolute atomic E-state index is 0.00941. The molecule has 0 fully saturated rings. The summed E-state index contributed by atoms with van der Waals surface area (Å²) in [4.78, 5) is 22.1. The molecule has 0 radical (unpaired) electrons. The molecule has 0 N–H and O–H groups in total. The number of ether oxygens (including phenoxy) is 1. The Labute approximate surface area is 122 Å². The number of nitrogens with zero attached hydrogens (tertiary/aromatic N) is 1. The number of hydrogen-bond donors (Lipinski definition) is 0. The number of Topliss-reactive ketones (excluding diaryl/α,β-unsaturated/α-hetero) is 1. The molecule has 0 bridgehead atoms.